The van der Waals surface area contributed by atoms with Crippen LogP contribution < -0.4 is 19.8 Å². The molecule has 36 heavy (non-hydrogen) atoms. The number of sulfonamides is 1. The third-order valence-electron chi connectivity index (χ3n) is 5.00. The molecule has 0 aliphatic heterocycles. The highest BCUT2D eigenvalue weighted by Gasteiger charge is 2.20. The number of nitrogens with zero attached hydrogens (tertiary/aromatic N) is 2. The molecule has 0 saturated carbocycles. The Kier molecular flexibility index (Phi) is 8.80. The number of aryl methyl sites for hydroxylation is 2. The van der Waals surface area contributed by atoms with Gasteiger partial charge in [-0.05, 0) is 67.9 Å². The van der Waals surface area contributed by atoms with Crippen LogP contribution in [0.15, 0.2) is 77.9 Å². The Hall–Kier alpha value is -4.18. The lowest BCUT2D eigenvalue weighted by atomic mass is 10.2. The van der Waals surface area contributed by atoms with E-state index in [1.165, 1.54) is 6.21 Å². The SMILES string of the molecule is Cc1ccc(NC(=O)COc2ccc(/C=N\NC(=O)CN(c3ccc(C)cc3)S(C)(=O)=O)cc2)cc1. The zero-order valence-electron chi connectivity index (χ0n) is 20.3. The second-order valence-electron chi connectivity index (χ2n) is 8.17. The van der Waals surface area contributed by atoms with Crippen molar-refractivity contribution in [2.45, 2.75) is 13.8 Å². The van der Waals surface area contributed by atoms with E-state index < -0.39 is 22.5 Å². The molecule has 0 unspecified atom stereocenters. The van der Waals surface area contributed by atoms with Crippen LogP contribution in [0.3, 0.4) is 0 Å². The normalized spacial score (nSPS) is 11.2. The van der Waals surface area contributed by atoms with Crippen molar-refractivity contribution in [2.24, 2.45) is 5.10 Å². The van der Waals surface area contributed by atoms with Gasteiger partial charge in [0.1, 0.15) is 12.3 Å². The van der Waals surface area contributed by atoms with E-state index >= 15 is 0 Å². The van der Waals surface area contributed by atoms with Gasteiger partial charge in [-0.3, -0.25) is 13.9 Å². The van der Waals surface area contributed by atoms with Gasteiger partial charge < -0.3 is 10.1 Å². The Morgan fingerprint density at radius 1 is 0.889 bits per heavy atom. The number of carbonyl (C=O) groups excluding carboxylic acids is 2. The second-order valence-corrected chi connectivity index (χ2v) is 10.1. The molecule has 0 heterocycles. The zero-order chi connectivity index (χ0) is 26.1. The highest BCUT2D eigenvalue weighted by atomic mass is 32.2. The minimum Gasteiger partial charge on any atom is -0.484 e. The summed E-state index contributed by atoms with van der Waals surface area (Å²) >= 11 is 0. The number of anilines is 2. The van der Waals surface area contributed by atoms with E-state index in [1.807, 2.05) is 38.1 Å². The van der Waals surface area contributed by atoms with E-state index in [4.69, 9.17) is 4.74 Å². The van der Waals surface area contributed by atoms with Gasteiger partial charge in [-0.1, -0.05) is 35.4 Å². The summed E-state index contributed by atoms with van der Waals surface area (Å²) in [6.07, 6.45) is 2.46. The minimum atomic E-state index is -3.66. The third kappa shape index (κ3) is 8.24. The van der Waals surface area contributed by atoms with Crippen LogP contribution >= 0.6 is 0 Å². The zero-order valence-corrected chi connectivity index (χ0v) is 21.1. The lowest BCUT2D eigenvalue weighted by Crippen LogP contribution is -2.39. The number of carbonyl (C=O) groups is 2. The third-order valence-corrected chi connectivity index (χ3v) is 6.14. The van der Waals surface area contributed by atoms with E-state index in [0.717, 1.165) is 21.7 Å². The predicted molar refractivity (Wildman–Crippen MR) is 141 cm³/mol. The fourth-order valence-electron chi connectivity index (χ4n) is 3.09. The Morgan fingerprint density at radius 2 is 1.47 bits per heavy atom. The van der Waals surface area contributed by atoms with Crippen molar-refractivity contribution in [3.8, 4) is 5.75 Å². The molecule has 3 aromatic rings. The summed E-state index contributed by atoms with van der Waals surface area (Å²) in [5.74, 6) is -0.366. The summed E-state index contributed by atoms with van der Waals surface area (Å²) in [5, 5.41) is 6.65. The van der Waals surface area contributed by atoms with Crippen LogP contribution in [0.1, 0.15) is 16.7 Å². The molecule has 3 rings (SSSR count). The molecule has 0 aliphatic carbocycles. The van der Waals surface area contributed by atoms with Crippen LogP contribution in [0, 0.1) is 13.8 Å². The maximum Gasteiger partial charge on any atom is 0.262 e. The van der Waals surface area contributed by atoms with Gasteiger partial charge in [0, 0.05) is 5.69 Å². The molecule has 10 heteroatoms. The molecule has 0 atom stereocenters. The number of ether oxygens (including phenoxy) is 1. The van der Waals surface area contributed by atoms with E-state index in [9.17, 15) is 18.0 Å². The monoisotopic (exact) mass is 508 g/mol. The van der Waals surface area contributed by atoms with Crippen molar-refractivity contribution in [1.82, 2.24) is 5.43 Å². The van der Waals surface area contributed by atoms with Crippen molar-refractivity contribution in [1.29, 1.82) is 0 Å². The van der Waals surface area contributed by atoms with E-state index in [-0.39, 0.29) is 12.5 Å². The van der Waals surface area contributed by atoms with Gasteiger partial charge in [0.2, 0.25) is 10.0 Å². The van der Waals surface area contributed by atoms with Crippen molar-refractivity contribution < 1.29 is 22.7 Å². The summed E-state index contributed by atoms with van der Waals surface area (Å²) < 4.78 is 30.8. The molecule has 0 aliphatic rings. The number of hydrogen-bond acceptors (Lipinski definition) is 6. The van der Waals surface area contributed by atoms with Crippen molar-refractivity contribution in [2.75, 3.05) is 29.0 Å². The number of nitrogens with one attached hydrogen (secondary N) is 2. The summed E-state index contributed by atoms with van der Waals surface area (Å²) in [6.45, 7) is 3.31. The molecule has 0 fully saturated rings. The fourth-order valence-corrected chi connectivity index (χ4v) is 3.95. The topological polar surface area (TPSA) is 117 Å². The maximum atomic E-state index is 12.3. The van der Waals surface area contributed by atoms with Crippen molar-refractivity contribution >= 4 is 39.4 Å². The van der Waals surface area contributed by atoms with Gasteiger partial charge in [-0.25, -0.2) is 13.8 Å². The quantitative estimate of drug-likeness (QED) is 0.322. The van der Waals surface area contributed by atoms with Crippen LogP contribution in [-0.4, -0.2) is 45.9 Å². The van der Waals surface area contributed by atoms with Gasteiger partial charge >= 0.3 is 0 Å². The molecule has 3 aromatic carbocycles. The molecule has 188 valence electrons. The molecular formula is C26H28N4O5S. The fraction of sp³-hybridized carbons (Fsp3) is 0.192. The summed E-state index contributed by atoms with van der Waals surface area (Å²) in [5.41, 5.74) is 6.17. The molecule has 2 N–H and O–H groups in total. The average Bonchev–Trinajstić information content (AvgIpc) is 2.83. The molecule has 0 saturated heterocycles. The number of amides is 2. The van der Waals surface area contributed by atoms with Gasteiger partial charge in [0.05, 0.1) is 18.2 Å². The first-order valence-electron chi connectivity index (χ1n) is 11.1. The Balaban J connectivity index is 1.48. The molecule has 0 bridgehead atoms. The molecule has 0 spiro atoms. The number of benzene rings is 3. The number of hydrazone groups is 1. The van der Waals surface area contributed by atoms with E-state index in [0.29, 0.717) is 22.7 Å². The van der Waals surface area contributed by atoms with Gasteiger partial charge in [-0.15, -0.1) is 0 Å². The van der Waals surface area contributed by atoms with Gasteiger partial charge in [0.15, 0.2) is 6.61 Å². The van der Waals surface area contributed by atoms with Crippen molar-refractivity contribution in [3.05, 3.63) is 89.5 Å². The Morgan fingerprint density at radius 3 is 2.06 bits per heavy atom. The van der Waals surface area contributed by atoms with E-state index in [2.05, 4.69) is 15.8 Å². The molecule has 0 aromatic heterocycles. The summed E-state index contributed by atoms with van der Waals surface area (Å²) in [7, 11) is -3.66. The lowest BCUT2D eigenvalue weighted by molar-refractivity contribution is -0.119. The standard InChI is InChI=1S/C26H28N4O5S/c1-19-4-10-22(11-5-19)28-26(32)18-35-24-14-8-21(9-15-24)16-27-29-25(31)17-30(36(3,33)34)23-12-6-20(2)7-13-23/h4-16H,17-18H2,1-3H3,(H,28,32)(H,29,31)/b27-16-. The lowest BCUT2D eigenvalue weighted by Gasteiger charge is -2.21. The largest absolute Gasteiger partial charge is 0.484 e. The van der Waals surface area contributed by atoms with Gasteiger partial charge in [0.25, 0.3) is 11.8 Å². The van der Waals surface area contributed by atoms with Crippen LogP contribution in [0.2, 0.25) is 0 Å². The van der Waals surface area contributed by atoms with Gasteiger partial charge in [-0.2, -0.15) is 5.10 Å². The number of rotatable bonds is 10. The Labute approximate surface area is 210 Å². The first-order valence-corrected chi connectivity index (χ1v) is 12.9. The molecule has 0 radical (unpaired) electrons. The molecule has 9 nitrogen and oxygen atoms in total. The molecule has 2 amide bonds. The highest BCUT2D eigenvalue weighted by Crippen LogP contribution is 2.18. The smallest absolute Gasteiger partial charge is 0.262 e. The first-order chi connectivity index (χ1) is 17.1. The maximum absolute atomic E-state index is 12.3. The Bertz CT molecular complexity index is 1320. The van der Waals surface area contributed by atoms with Crippen LogP contribution in [0.25, 0.3) is 0 Å². The second kappa shape index (κ2) is 12.0. The molecular weight excluding hydrogens is 480 g/mol. The van der Waals surface area contributed by atoms with Crippen LogP contribution in [0.5, 0.6) is 5.75 Å². The summed E-state index contributed by atoms with van der Waals surface area (Å²) in [6, 6.07) is 21.0. The number of hydrogen-bond donors (Lipinski definition) is 2. The van der Waals surface area contributed by atoms with Crippen LogP contribution in [-0.2, 0) is 19.6 Å². The summed E-state index contributed by atoms with van der Waals surface area (Å²) in [4.78, 5) is 24.3. The van der Waals surface area contributed by atoms with Crippen LogP contribution in [0.4, 0.5) is 11.4 Å². The predicted octanol–water partition coefficient (Wildman–Crippen LogP) is 3.24. The van der Waals surface area contributed by atoms with E-state index in [1.54, 1.807) is 48.5 Å². The minimum absolute atomic E-state index is 0.144. The first kappa shape index (κ1) is 26.4. The van der Waals surface area contributed by atoms with Crippen molar-refractivity contribution in [3.63, 3.8) is 0 Å². The average molecular weight is 509 g/mol. The highest BCUT2D eigenvalue weighted by molar-refractivity contribution is 7.92.